The average Bonchev–Trinajstić information content (AvgIpc) is 2.86. The van der Waals surface area contributed by atoms with E-state index in [1.807, 2.05) is 17.7 Å². The number of nitrogens with zero attached hydrogens (tertiary/aromatic N) is 3. The summed E-state index contributed by atoms with van der Waals surface area (Å²) in [6, 6.07) is 13.5. The lowest BCUT2D eigenvalue weighted by molar-refractivity contribution is 0.213. The molecule has 108 valence electrons. The third kappa shape index (κ3) is 2.72. The molecule has 0 bridgehead atoms. The summed E-state index contributed by atoms with van der Waals surface area (Å²) >= 11 is 0. The van der Waals surface area contributed by atoms with Crippen molar-refractivity contribution >= 4 is 0 Å². The topological polar surface area (TPSA) is 32.0 Å². The van der Waals surface area contributed by atoms with E-state index in [4.69, 9.17) is 5.26 Å². The van der Waals surface area contributed by atoms with Crippen LogP contribution in [0.15, 0.2) is 36.5 Å². The number of hydrogen-bond acceptors (Lipinski definition) is 2. The summed E-state index contributed by atoms with van der Waals surface area (Å²) in [6.07, 6.45) is 5.73. The van der Waals surface area contributed by atoms with Crippen LogP contribution in [0.2, 0.25) is 0 Å². The lowest BCUT2D eigenvalue weighted by Gasteiger charge is -2.33. The molecule has 0 amide bonds. The zero-order chi connectivity index (χ0) is 14.8. The predicted molar refractivity (Wildman–Crippen MR) is 83.7 cm³/mol. The summed E-state index contributed by atoms with van der Waals surface area (Å²) in [4.78, 5) is 2.41. The molecular formula is C18H21N3. The molecule has 1 heterocycles. The fraction of sp³-hybridized carbons (Fsp3) is 0.389. The first-order valence-corrected chi connectivity index (χ1v) is 7.52. The van der Waals surface area contributed by atoms with Crippen LogP contribution in [0.4, 0.5) is 0 Å². The largest absolute Gasteiger partial charge is 0.342 e. The number of rotatable bonds is 3. The molecule has 0 saturated heterocycles. The van der Waals surface area contributed by atoms with Gasteiger partial charge in [-0.1, -0.05) is 24.3 Å². The fourth-order valence-corrected chi connectivity index (χ4v) is 3.41. The second-order valence-corrected chi connectivity index (χ2v) is 5.98. The zero-order valence-electron chi connectivity index (χ0n) is 12.7. The molecule has 0 spiro atoms. The van der Waals surface area contributed by atoms with Crippen molar-refractivity contribution in [1.29, 1.82) is 5.26 Å². The van der Waals surface area contributed by atoms with E-state index in [2.05, 4.69) is 48.5 Å². The lowest BCUT2D eigenvalue weighted by atomic mass is 9.87. The van der Waals surface area contributed by atoms with Gasteiger partial charge >= 0.3 is 0 Å². The van der Waals surface area contributed by atoms with Gasteiger partial charge in [0.05, 0.1) is 0 Å². The van der Waals surface area contributed by atoms with Crippen molar-refractivity contribution in [3.63, 3.8) is 0 Å². The van der Waals surface area contributed by atoms with Gasteiger partial charge in [-0.05, 0) is 49.1 Å². The van der Waals surface area contributed by atoms with Crippen molar-refractivity contribution < 1.29 is 0 Å². The van der Waals surface area contributed by atoms with Gasteiger partial charge in [0, 0.05) is 25.8 Å². The molecule has 3 rings (SSSR count). The molecule has 0 radical (unpaired) electrons. The molecule has 0 saturated carbocycles. The molecule has 0 N–H and O–H groups in total. The minimum Gasteiger partial charge on any atom is -0.342 e. The highest BCUT2D eigenvalue weighted by molar-refractivity contribution is 5.33. The standard InChI is InChI=1S/C18H21N3/c1-20-12-14(10-16(20)11-19)13-21(2)18-9-5-7-15-6-3-4-8-17(15)18/h3-4,6,8,10,12,18H,5,7,9,13H2,1-2H3/t18-/m0/s1. The number of aromatic nitrogens is 1. The number of aryl methyl sites for hydroxylation is 2. The minimum absolute atomic E-state index is 0.487. The molecule has 0 unspecified atom stereocenters. The van der Waals surface area contributed by atoms with E-state index in [9.17, 15) is 0 Å². The third-order valence-electron chi connectivity index (χ3n) is 4.48. The van der Waals surface area contributed by atoms with Crippen LogP contribution in [0.25, 0.3) is 0 Å². The highest BCUT2D eigenvalue weighted by Crippen LogP contribution is 2.34. The monoisotopic (exact) mass is 279 g/mol. The van der Waals surface area contributed by atoms with Crippen LogP contribution >= 0.6 is 0 Å². The highest BCUT2D eigenvalue weighted by Gasteiger charge is 2.23. The van der Waals surface area contributed by atoms with Crippen LogP contribution in [0.1, 0.15) is 41.3 Å². The van der Waals surface area contributed by atoms with Crippen LogP contribution < -0.4 is 0 Å². The molecule has 3 heteroatoms. The van der Waals surface area contributed by atoms with E-state index in [0.29, 0.717) is 6.04 Å². The first-order chi connectivity index (χ1) is 10.2. The maximum atomic E-state index is 9.06. The SMILES string of the molecule is CN(Cc1cc(C#N)n(C)c1)[C@H]1CCCc2ccccc21. The van der Waals surface area contributed by atoms with E-state index in [-0.39, 0.29) is 0 Å². The number of fused-ring (bicyclic) bond motifs is 1. The smallest absolute Gasteiger partial charge is 0.120 e. The van der Waals surface area contributed by atoms with Crippen molar-refractivity contribution in [2.24, 2.45) is 7.05 Å². The zero-order valence-corrected chi connectivity index (χ0v) is 12.7. The van der Waals surface area contributed by atoms with Crippen molar-refractivity contribution in [2.45, 2.75) is 31.8 Å². The first kappa shape index (κ1) is 13.9. The molecular weight excluding hydrogens is 258 g/mol. The molecule has 0 fully saturated rings. The Morgan fingerprint density at radius 3 is 2.95 bits per heavy atom. The Morgan fingerprint density at radius 1 is 1.38 bits per heavy atom. The van der Waals surface area contributed by atoms with Crippen molar-refractivity contribution in [3.8, 4) is 6.07 Å². The van der Waals surface area contributed by atoms with E-state index >= 15 is 0 Å². The van der Waals surface area contributed by atoms with Gasteiger partial charge in [0.2, 0.25) is 0 Å². The molecule has 0 aliphatic heterocycles. The summed E-state index contributed by atoms with van der Waals surface area (Å²) in [7, 11) is 4.11. The molecule has 21 heavy (non-hydrogen) atoms. The Morgan fingerprint density at radius 2 is 2.19 bits per heavy atom. The van der Waals surface area contributed by atoms with Gasteiger partial charge in [-0.3, -0.25) is 4.90 Å². The van der Waals surface area contributed by atoms with Crippen LogP contribution in [0.3, 0.4) is 0 Å². The Kier molecular flexibility index (Phi) is 3.81. The molecule has 1 aliphatic carbocycles. The Labute approximate surface area is 126 Å². The normalized spacial score (nSPS) is 17.5. The molecule has 1 aromatic heterocycles. The molecule has 3 nitrogen and oxygen atoms in total. The lowest BCUT2D eigenvalue weighted by Crippen LogP contribution is -2.27. The summed E-state index contributed by atoms with van der Waals surface area (Å²) in [5, 5.41) is 9.06. The maximum absolute atomic E-state index is 9.06. The molecule has 2 aromatic rings. The Hall–Kier alpha value is -2.05. The average molecular weight is 279 g/mol. The Balaban J connectivity index is 1.80. The maximum Gasteiger partial charge on any atom is 0.120 e. The Bertz CT molecular complexity index is 678. The van der Waals surface area contributed by atoms with Crippen molar-refractivity contribution in [3.05, 3.63) is 58.9 Å². The summed E-state index contributed by atoms with van der Waals surface area (Å²) in [6.45, 7) is 0.883. The number of hydrogen-bond donors (Lipinski definition) is 0. The summed E-state index contributed by atoms with van der Waals surface area (Å²) in [5.41, 5.74) is 4.90. The minimum atomic E-state index is 0.487. The van der Waals surface area contributed by atoms with Gasteiger partial charge in [0.25, 0.3) is 0 Å². The van der Waals surface area contributed by atoms with Crippen LogP contribution in [-0.4, -0.2) is 16.5 Å². The highest BCUT2D eigenvalue weighted by atomic mass is 15.1. The van der Waals surface area contributed by atoms with Gasteiger partial charge in [-0.15, -0.1) is 0 Å². The third-order valence-corrected chi connectivity index (χ3v) is 4.48. The van der Waals surface area contributed by atoms with Gasteiger partial charge < -0.3 is 4.57 Å². The van der Waals surface area contributed by atoms with Crippen molar-refractivity contribution in [2.75, 3.05) is 7.05 Å². The van der Waals surface area contributed by atoms with E-state index in [0.717, 1.165) is 12.2 Å². The summed E-state index contributed by atoms with van der Waals surface area (Å²) in [5.74, 6) is 0. The van der Waals surface area contributed by atoms with E-state index in [1.54, 1.807) is 0 Å². The van der Waals surface area contributed by atoms with Gasteiger partial charge in [-0.25, -0.2) is 0 Å². The van der Waals surface area contributed by atoms with Gasteiger partial charge in [0.15, 0.2) is 0 Å². The van der Waals surface area contributed by atoms with Crippen LogP contribution in [0.5, 0.6) is 0 Å². The summed E-state index contributed by atoms with van der Waals surface area (Å²) < 4.78 is 1.90. The second kappa shape index (κ2) is 5.75. The number of benzene rings is 1. The second-order valence-electron chi connectivity index (χ2n) is 5.98. The molecule has 1 aromatic carbocycles. The van der Waals surface area contributed by atoms with E-state index in [1.165, 1.54) is 36.0 Å². The molecule has 1 atom stereocenters. The molecule has 1 aliphatic rings. The van der Waals surface area contributed by atoms with Gasteiger partial charge in [0.1, 0.15) is 11.8 Å². The van der Waals surface area contributed by atoms with E-state index < -0.39 is 0 Å². The van der Waals surface area contributed by atoms with Crippen LogP contribution in [0, 0.1) is 11.3 Å². The van der Waals surface area contributed by atoms with Crippen LogP contribution in [-0.2, 0) is 20.0 Å². The number of nitriles is 1. The quantitative estimate of drug-likeness (QED) is 0.862. The predicted octanol–water partition coefficient (Wildman–Crippen LogP) is 3.41. The first-order valence-electron chi connectivity index (χ1n) is 7.52. The fourth-order valence-electron chi connectivity index (χ4n) is 3.41. The van der Waals surface area contributed by atoms with Gasteiger partial charge in [-0.2, -0.15) is 5.26 Å². The van der Waals surface area contributed by atoms with Crippen molar-refractivity contribution in [1.82, 2.24) is 9.47 Å².